The molecule has 0 aliphatic carbocycles. The third kappa shape index (κ3) is 10.6. The Bertz CT molecular complexity index is 1970. The van der Waals surface area contributed by atoms with Crippen molar-refractivity contribution in [1.29, 1.82) is 0 Å². The summed E-state index contributed by atoms with van der Waals surface area (Å²) >= 11 is 0. The molecule has 0 saturated carbocycles. The smallest absolute Gasteiger partial charge is 0.347 e. The van der Waals surface area contributed by atoms with Gasteiger partial charge in [-0.2, -0.15) is 0 Å². The summed E-state index contributed by atoms with van der Waals surface area (Å²) in [5, 5.41) is 9.99. The van der Waals surface area contributed by atoms with Crippen molar-refractivity contribution in [3.05, 3.63) is 101 Å². The van der Waals surface area contributed by atoms with Crippen LogP contribution < -0.4 is 26.2 Å². The number of benzene rings is 3. The highest BCUT2D eigenvalue weighted by molar-refractivity contribution is 6.02. The van der Waals surface area contributed by atoms with Crippen LogP contribution >= 0.6 is 0 Å². The van der Waals surface area contributed by atoms with Gasteiger partial charge in [0.1, 0.15) is 12.6 Å². The first kappa shape index (κ1) is 37.4. The molecule has 272 valence electrons. The van der Waals surface area contributed by atoms with Crippen LogP contribution in [0.1, 0.15) is 47.9 Å². The van der Waals surface area contributed by atoms with E-state index in [-0.39, 0.29) is 44.6 Å². The van der Waals surface area contributed by atoms with Gasteiger partial charge >= 0.3 is 5.97 Å². The number of para-hydroxylation sites is 1. The summed E-state index contributed by atoms with van der Waals surface area (Å²) in [6.45, 7) is -1.41. The second kappa shape index (κ2) is 17.9. The molecule has 0 bridgehead atoms. The molecule has 2 aliphatic heterocycles. The van der Waals surface area contributed by atoms with Gasteiger partial charge in [-0.25, -0.2) is 4.79 Å². The highest BCUT2D eigenvalue weighted by Gasteiger charge is 2.33. The molecule has 15 nitrogen and oxygen atoms in total. The van der Waals surface area contributed by atoms with Crippen molar-refractivity contribution in [3.63, 3.8) is 0 Å². The van der Waals surface area contributed by atoms with E-state index in [0.717, 1.165) is 11.1 Å². The van der Waals surface area contributed by atoms with Crippen LogP contribution in [0.3, 0.4) is 0 Å². The zero-order valence-electron chi connectivity index (χ0n) is 28.5. The van der Waals surface area contributed by atoms with Crippen molar-refractivity contribution < 1.29 is 43.2 Å². The van der Waals surface area contributed by atoms with E-state index in [1.165, 1.54) is 0 Å². The first-order chi connectivity index (χ1) is 25.6. The molecule has 0 radical (unpaired) electrons. The second-order valence-corrected chi connectivity index (χ2v) is 12.0. The SMILES string of the molecule is O=C(CCC(=O)N1Cc2ccccc2C#Cc2ccccc21)NCC(=O)NCC(=O)NC(Cc1ccccc1)C(=O)NCC(=O)ON1C(=O)CCC1=O. The molecule has 1 fully saturated rings. The summed E-state index contributed by atoms with van der Waals surface area (Å²) in [5.74, 6) is 0.840. The summed E-state index contributed by atoms with van der Waals surface area (Å²) in [6, 6.07) is 22.3. The molecular weight excluding hydrogens is 684 g/mol. The zero-order chi connectivity index (χ0) is 37.7. The van der Waals surface area contributed by atoms with Crippen LogP contribution in [-0.2, 0) is 56.2 Å². The number of imide groups is 1. The lowest BCUT2D eigenvalue weighted by atomic mass is 10.0. The van der Waals surface area contributed by atoms with E-state index in [4.69, 9.17) is 4.84 Å². The molecule has 4 N–H and O–H groups in total. The van der Waals surface area contributed by atoms with Crippen molar-refractivity contribution >= 4 is 53.0 Å². The van der Waals surface area contributed by atoms with Crippen LogP contribution in [0, 0.1) is 11.8 Å². The maximum Gasteiger partial charge on any atom is 0.352 e. The van der Waals surface area contributed by atoms with Crippen LogP contribution in [0.25, 0.3) is 0 Å². The number of carbonyl (C=O) groups is 8. The standard InChI is InChI=1S/C38H36N6O9/c45-31(16-17-34(48)43-24-28-12-5-4-10-26(28)14-15-27-11-6-7-13-30(27)43)39-21-32(46)40-22-33(47)42-29(20-25-8-2-1-3-9-25)38(52)41-23-37(51)53-44-35(49)18-19-36(44)50/h1-13,29H,16-24H2,(H,39,45)(H,40,46)(H,41,52)(H,42,47). The fourth-order valence-electron chi connectivity index (χ4n) is 5.45. The van der Waals surface area contributed by atoms with Crippen LogP contribution in [-0.4, -0.2) is 78.1 Å². The number of hydrogen-bond donors (Lipinski definition) is 4. The Balaban J connectivity index is 1.07. The molecular formula is C38H36N6O9. The first-order valence-corrected chi connectivity index (χ1v) is 16.8. The van der Waals surface area contributed by atoms with Crippen molar-refractivity contribution in [2.24, 2.45) is 0 Å². The summed E-state index contributed by atoms with van der Waals surface area (Å²) in [6.07, 6.45) is -0.462. The van der Waals surface area contributed by atoms with Crippen LogP contribution in [0.5, 0.6) is 0 Å². The Morgan fingerprint density at radius 3 is 2.06 bits per heavy atom. The third-order valence-corrected chi connectivity index (χ3v) is 8.17. The van der Waals surface area contributed by atoms with Gasteiger partial charge < -0.3 is 31.0 Å². The third-order valence-electron chi connectivity index (χ3n) is 8.17. The van der Waals surface area contributed by atoms with E-state index in [2.05, 4.69) is 33.1 Å². The van der Waals surface area contributed by atoms with Gasteiger partial charge in [-0.15, -0.1) is 5.06 Å². The van der Waals surface area contributed by atoms with Gasteiger partial charge in [-0.05, 0) is 29.3 Å². The van der Waals surface area contributed by atoms with Gasteiger partial charge in [-0.3, -0.25) is 33.6 Å². The molecule has 2 heterocycles. The number of carbonyl (C=O) groups excluding carboxylic acids is 8. The molecule has 0 spiro atoms. The van der Waals surface area contributed by atoms with Gasteiger partial charge in [-0.1, -0.05) is 72.5 Å². The van der Waals surface area contributed by atoms with Gasteiger partial charge in [0.05, 0.1) is 25.3 Å². The van der Waals surface area contributed by atoms with E-state index >= 15 is 0 Å². The molecule has 7 amide bonds. The Labute approximate surface area is 304 Å². The van der Waals surface area contributed by atoms with E-state index in [0.29, 0.717) is 21.9 Å². The molecule has 15 heteroatoms. The molecule has 0 aromatic heterocycles. The van der Waals surface area contributed by atoms with Crippen LogP contribution in [0.4, 0.5) is 5.69 Å². The number of nitrogens with zero attached hydrogens (tertiary/aromatic N) is 2. The molecule has 1 unspecified atom stereocenters. The molecule has 3 aromatic rings. The predicted octanol–water partition coefficient (Wildman–Crippen LogP) is 0.397. The maximum absolute atomic E-state index is 13.4. The van der Waals surface area contributed by atoms with Crippen molar-refractivity contribution in [1.82, 2.24) is 26.3 Å². The minimum atomic E-state index is -1.18. The minimum absolute atomic E-state index is 0.0300. The van der Waals surface area contributed by atoms with Gasteiger partial charge in [0.2, 0.25) is 29.5 Å². The lowest BCUT2D eigenvalue weighted by molar-refractivity contribution is -0.196. The summed E-state index contributed by atoms with van der Waals surface area (Å²) in [4.78, 5) is 106. The Kier molecular flexibility index (Phi) is 12.6. The number of rotatable bonds is 14. The average Bonchev–Trinajstić information content (AvgIpc) is 3.47. The fourth-order valence-corrected chi connectivity index (χ4v) is 5.45. The summed E-state index contributed by atoms with van der Waals surface area (Å²) in [7, 11) is 0. The second-order valence-electron chi connectivity index (χ2n) is 12.0. The Morgan fingerprint density at radius 2 is 1.30 bits per heavy atom. The number of anilines is 1. The monoisotopic (exact) mass is 720 g/mol. The normalized spacial score (nSPS) is 13.5. The molecule has 2 aliphatic rings. The van der Waals surface area contributed by atoms with Gasteiger partial charge in [0.25, 0.3) is 11.8 Å². The van der Waals surface area contributed by atoms with Gasteiger partial charge in [0.15, 0.2) is 0 Å². The molecule has 1 saturated heterocycles. The van der Waals surface area contributed by atoms with Crippen LogP contribution in [0.2, 0.25) is 0 Å². The highest BCUT2D eigenvalue weighted by Crippen LogP contribution is 2.26. The zero-order valence-corrected chi connectivity index (χ0v) is 28.5. The van der Waals surface area contributed by atoms with E-state index in [1.807, 2.05) is 42.5 Å². The van der Waals surface area contributed by atoms with E-state index in [9.17, 15) is 38.4 Å². The first-order valence-electron chi connectivity index (χ1n) is 16.8. The quantitative estimate of drug-likeness (QED) is 0.134. The van der Waals surface area contributed by atoms with Gasteiger partial charge in [0, 0.05) is 43.2 Å². The number of fused-ring (bicyclic) bond motifs is 2. The molecule has 5 rings (SSSR count). The fraction of sp³-hybridized carbons (Fsp3) is 0.263. The largest absolute Gasteiger partial charge is 0.352 e. The molecule has 3 aromatic carbocycles. The van der Waals surface area contributed by atoms with Crippen molar-refractivity contribution in [2.75, 3.05) is 24.5 Å². The topological polar surface area (TPSA) is 200 Å². The summed E-state index contributed by atoms with van der Waals surface area (Å²) in [5.41, 5.74) is 3.68. The Morgan fingerprint density at radius 1 is 0.679 bits per heavy atom. The summed E-state index contributed by atoms with van der Waals surface area (Å²) < 4.78 is 0. The lowest BCUT2D eigenvalue weighted by Gasteiger charge is -2.26. The van der Waals surface area contributed by atoms with E-state index < -0.39 is 67.1 Å². The van der Waals surface area contributed by atoms with Crippen LogP contribution in [0.15, 0.2) is 78.9 Å². The van der Waals surface area contributed by atoms with E-state index in [1.54, 1.807) is 41.3 Å². The number of hydrogen-bond acceptors (Lipinski definition) is 9. The number of hydroxylamine groups is 2. The molecule has 53 heavy (non-hydrogen) atoms. The lowest BCUT2D eigenvalue weighted by Crippen LogP contribution is -2.52. The Hall–Kier alpha value is -6.82. The average molecular weight is 721 g/mol. The minimum Gasteiger partial charge on any atom is -0.347 e. The maximum atomic E-state index is 13.4. The molecule has 1 atom stereocenters. The van der Waals surface area contributed by atoms with Crippen molar-refractivity contribution in [2.45, 2.75) is 44.7 Å². The highest BCUT2D eigenvalue weighted by atomic mass is 16.7. The number of nitrogens with one attached hydrogen (secondary N) is 4. The predicted molar refractivity (Wildman–Crippen MR) is 188 cm³/mol. The van der Waals surface area contributed by atoms with Crippen molar-refractivity contribution in [3.8, 4) is 11.8 Å². The number of amides is 7.